The molecule has 2 N–H and O–H groups in total. The molecule has 0 radical (unpaired) electrons. The van der Waals surface area contributed by atoms with Gasteiger partial charge in [0.2, 0.25) is 0 Å². The number of hydrogen-bond donors (Lipinski definition) is 2. The molecule has 4 heteroatoms. The number of rotatable bonds is 3. The van der Waals surface area contributed by atoms with Crippen molar-refractivity contribution in [3.63, 3.8) is 0 Å². The van der Waals surface area contributed by atoms with Crippen molar-refractivity contribution in [1.29, 1.82) is 0 Å². The van der Waals surface area contributed by atoms with Crippen LogP contribution in [0.4, 0.5) is 8.78 Å². The molecule has 20 heavy (non-hydrogen) atoms. The summed E-state index contributed by atoms with van der Waals surface area (Å²) in [7, 11) is 0. The highest BCUT2D eigenvalue weighted by Crippen LogP contribution is 2.55. The van der Waals surface area contributed by atoms with E-state index in [9.17, 15) is 8.78 Å². The Hall–Kier alpha value is -0.480. The number of hydrogen-bond acceptors (Lipinski definition) is 2. The van der Waals surface area contributed by atoms with E-state index in [0.717, 1.165) is 37.4 Å². The number of halogens is 2. The Morgan fingerprint density at radius 1 is 1.15 bits per heavy atom. The van der Waals surface area contributed by atoms with Gasteiger partial charge in [0.05, 0.1) is 0 Å². The molecule has 2 saturated heterocycles. The Morgan fingerprint density at radius 2 is 1.95 bits per heavy atom. The van der Waals surface area contributed by atoms with E-state index in [0.29, 0.717) is 29.9 Å². The molecule has 2 aliphatic heterocycles. The molecule has 0 amide bonds. The van der Waals surface area contributed by atoms with Crippen LogP contribution in [0.1, 0.15) is 51.4 Å². The first-order valence-corrected chi connectivity index (χ1v) is 8.20. The topological polar surface area (TPSA) is 24.1 Å². The Morgan fingerprint density at radius 3 is 2.70 bits per heavy atom. The average molecular weight is 282 g/mol. The van der Waals surface area contributed by atoms with Crippen LogP contribution in [0, 0.1) is 11.8 Å². The number of allylic oxidation sites excluding steroid dienone is 1. The van der Waals surface area contributed by atoms with Crippen LogP contribution in [0.2, 0.25) is 0 Å². The fraction of sp³-hybridized carbons (Fsp3) is 0.875. The van der Waals surface area contributed by atoms with Crippen molar-refractivity contribution in [2.24, 2.45) is 11.8 Å². The van der Waals surface area contributed by atoms with Gasteiger partial charge >= 0.3 is 0 Å². The van der Waals surface area contributed by atoms with Crippen LogP contribution >= 0.6 is 0 Å². The minimum Gasteiger partial charge on any atom is -0.311 e. The lowest BCUT2D eigenvalue weighted by molar-refractivity contribution is 0.274. The molecule has 0 aromatic rings. The standard InChI is InChI=1S/C16H24F2N2/c17-15(18)11-3-1-10(2-4-11)9-19-16-7-12-5-6-14(20-12)13(16)8-16/h10,12-14,19-20H,1-9H2/t12-,13+,14+,16-/m1/s1. The van der Waals surface area contributed by atoms with Crippen LogP contribution in [0.15, 0.2) is 11.7 Å². The van der Waals surface area contributed by atoms with Gasteiger partial charge in [-0.3, -0.25) is 0 Å². The van der Waals surface area contributed by atoms with Gasteiger partial charge in [-0.1, -0.05) is 0 Å². The van der Waals surface area contributed by atoms with Gasteiger partial charge in [-0.15, -0.1) is 0 Å². The zero-order valence-electron chi connectivity index (χ0n) is 11.9. The summed E-state index contributed by atoms with van der Waals surface area (Å²) in [4.78, 5) is 0. The Bertz CT molecular complexity index is 422. The first kappa shape index (κ1) is 13.2. The van der Waals surface area contributed by atoms with Gasteiger partial charge in [-0.05, 0) is 75.3 Å². The van der Waals surface area contributed by atoms with Crippen molar-refractivity contribution in [3.05, 3.63) is 11.7 Å². The lowest BCUT2D eigenvalue weighted by Crippen LogP contribution is -2.49. The van der Waals surface area contributed by atoms with E-state index in [1.807, 2.05) is 0 Å². The van der Waals surface area contributed by atoms with Gasteiger partial charge < -0.3 is 10.6 Å². The minimum atomic E-state index is -1.42. The molecule has 4 fully saturated rings. The molecule has 2 bridgehead atoms. The maximum atomic E-state index is 12.5. The molecule has 4 rings (SSSR count). The summed E-state index contributed by atoms with van der Waals surface area (Å²) in [5, 5.41) is 7.58. The molecular weight excluding hydrogens is 258 g/mol. The summed E-state index contributed by atoms with van der Waals surface area (Å²) < 4.78 is 25.1. The number of fused-ring (bicyclic) bond motifs is 4. The number of piperidine rings is 1. The van der Waals surface area contributed by atoms with E-state index in [-0.39, 0.29) is 0 Å². The van der Waals surface area contributed by atoms with Crippen molar-refractivity contribution in [3.8, 4) is 0 Å². The Labute approximate surface area is 119 Å². The fourth-order valence-corrected chi connectivity index (χ4v) is 4.91. The summed E-state index contributed by atoms with van der Waals surface area (Å²) in [6.07, 6.45) is 6.98. The van der Waals surface area contributed by atoms with Gasteiger partial charge in [0.15, 0.2) is 0 Å². The summed E-state index contributed by atoms with van der Waals surface area (Å²) in [5.74, 6) is 1.44. The molecule has 4 atom stereocenters. The third-order valence-corrected chi connectivity index (χ3v) is 6.22. The molecule has 2 heterocycles. The van der Waals surface area contributed by atoms with E-state index < -0.39 is 6.08 Å². The van der Waals surface area contributed by atoms with Crippen LogP contribution in [0.3, 0.4) is 0 Å². The molecular formula is C16H24F2N2. The molecule has 0 unspecified atom stereocenters. The van der Waals surface area contributed by atoms with Gasteiger partial charge in [0, 0.05) is 17.6 Å². The Balaban J connectivity index is 1.29. The van der Waals surface area contributed by atoms with Crippen LogP contribution < -0.4 is 10.6 Å². The predicted octanol–water partition coefficient (Wildman–Crippen LogP) is 3.20. The largest absolute Gasteiger partial charge is 0.311 e. The highest BCUT2D eigenvalue weighted by Gasteiger charge is 2.62. The molecule has 0 aromatic carbocycles. The van der Waals surface area contributed by atoms with E-state index in [1.54, 1.807) is 0 Å². The molecule has 2 saturated carbocycles. The summed E-state index contributed by atoms with van der Waals surface area (Å²) >= 11 is 0. The van der Waals surface area contributed by atoms with Crippen LogP contribution in [0.25, 0.3) is 0 Å². The van der Waals surface area contributed by atoms with Crippen LogP contribution in [-0.4, -0.2) is 24.2 Å². The zero-order valence-corrected chi connectivity index (χ0v) is 11.9. The molecule has 0 spiro atoms. The van der Waals surface area contributed by atoms with Crippen molar-refractivity contribution >= 4 is 0 Å². The van der Waals surface area contributed by atoms with Crippen molar-refractivity contribution in [2.45, 2.75) is 69.0 Å². The predicted molar refractivity (Wildman–Crippen MR) is 74.6 cm³/mol. The Kier molecular flexibility index (Phi) is 3.15. The second kappa shape index (κ2) is 4.77. The smallest absolute Gasteiger partial charge is 0.269 e. The van der Waals surface area contributed by atoms with Crippen molar-refractivity contribution in [1.82, 2.24) is 10.6 Å². The summed E-state index contributed by atoms with van der Waals surface area (Å²) in [6, 6.07) is 1.48. The van der Waals surface area contributed by atoms with E-state index in [4.69, 9.17) is 0 Å². The lowest BCUT2D eigenvalue weighted by Gasteiger charge is -2.32. The van der Waals surface area contributed by atoms with Crippen LogP contribution in [0.5, 0.6) is 0 Å². The summed E-state index contributed by atoms with van der Waals surface area (Å²) in [5.41, 5.74) is 0.821. The monoisotopic (exact) mass is 282 g/mol. The molecule has 112 valence electrons. The van der Waals surface area contributed by atoms with Gasteiger partial charge in [0.1, 0.15) is 0 Å². The molecule has 4 aliphatic rings. The van der Waals surface area contributed by atoms with Crippen molar-refractivity contribution < 1.29 is 8.78 Å². The van der Waals surface area contributed by atoms with E-state index >= 15 is 0 Å². The maximum Gasteiger partial charge on any atom is 0.269 e. The first-order chi connectivity index (χ1) is 9.66. The zero-order chi connectivity index (χ0) is 13.7. The van der Waals surface area contributed by atoms with E-state index in [2.05, 4.69) is 10.6 Å². The molecule has 2 aliphatic carbocycles. The van der Waals surface area contributed by atoms with Gasteiger partial charge in [-0.25, -0.2) is 0 Å². The highest BCUT2D eigenvalue weighted by molar-refractivity contribution is 5.21. The second-order valence-corrected chi connectivity index (χ2v) is 7.41. The maximum absolute atomic E-state index is 12.5. The minimum absolute atomic E-state index is 0.406. The van der Waals surface area contributed by atoms with Gasteiger partial charge in [0.25, 0.3) is 6.08 Å². The first-order valence-electron chi connectivity index (χ1n) is 8.20. The van der Waals surface area contributed by atoms with Crippen molar-refractivity contribution in [2.75, 3.05) is 6.54 Å². The van der Waals surface area contributed by atoms with Crippen LogP contribution in [-0.2, 0) is 0 Å². The highest BCUT2D eigenvalue weighted by atomic mass is 19.3. The molecule has 2 nitrogen and oxygen atoms in total. The number of nitrogens with one attached hydrogen (secondary N) is 2. The normalized spacial score (nSPS) is 46.2. The molecule has 0 aromatic heterocycles. The summed E-state index contributed by atoms with van der Waals surface area (Å²) in [6.45, 7) is 1.04. The quantitative estimate of drug-likeness (QED) is 0.830. The third kappa shape index (κ3) is 2.21. The third-order valence-electron chi connectivity index (χ3n) is 6.22. The SMILES string of the molecule is FC(F)=C1CCC(CN[C@@]23C[C@H]4CC[C@H](N4)[C@@H]2C3)CC1. The fourth-order valence-electron chi connectivity index (χ4n) is 4.91. The second-order valence-electron chi connectivity index (χ2n) is 7.41. The van der Waals surface area contributed by atoms with E-state index in [1.165, 1.54) is 25.7 Å². The van der Waals surface area contributed by atoms with Gasteiger partial charge in [-0.2, -0.15) is 8.78 Å². The average Bonchev–Trinajstić information content (AvgIpc) is 3.04. The lowest BCUT2D eigenvalue weighted by atomic mass is 9.85.